The van der Waals surface area contributed by atoms with Crippen molar-refractivity contribution in [1.29, 1.82) is 0 Å². The summed E-state index contributed by atoms with van der Waals surface area (Å²) in [5, 5.41) is 3.53. The first-order valence-electron chi connectivity index (χ1n) is 6.17. The summed E-state index contributed by atoms with van der Waals surface area (Å²) < 4.78 is 1.13. The van der Waals surface area contributed by atoms with Crippen molar-refractivity contribution in [1.82, 2.24) is 0 Å². The topological polar surface area (TPSA) is 12.0 Å². The first kappa shape index (κ1) is 11.8. The van der Waals surface area contributed by atoms with Crippen molar-refractivity contribution in [2.24, 2.45) is 0 Å². The van der Waals surface area contributed by atoms with Gasteiger partial charge in [-0.2, -0.15) is 0 Å². The number of hydrogen-bond acceptors (Lipinski definition) is 1. The fraction of sp³-hybridized carbons (Fsp3) is 0.250. The van der Waals surface area contributed by atoms with E-state index < -0.39 is 0 Å². The van der Waals surface area contributed by atoms with Gasteiger partial charge in [-0.15, -0.1) is 0 Å². The fourth-order valence-corrected chi connectivity index (χ4v) is 3.08. The van der Waals surface area contributed by atoms with Crippen LogP contribution in [0.2, 0.25) is 0 Å². The van der Waals surface area contributed by atoms with E-state index in [1.54, 1.807) is 0 Å². The minimum absolute atomic E-state index is 0.0334. The molecule has 2 heteroatoms. The summed E-state index contributed by atoms with van der Waals surface area (Å²) >= 11 is 3.57. The molecule has 1 aliphatic rings. The standard InChI is InChI=1S/C16H16BrN/c1-10-4-6-14-12(8-10)16(2,3)13-9-11(17)5-7-15(13)18-14/h4-9,18H,1-3H3. The van der Waals surface area contributed by atoms with Gasteiger partial charge in [0, 0.05) is 21.3 Å². The third kappa shape index (κ3) is 1.67. The first-order chi connectivity index (χ1) is 8.48. The van der Waals surface area contributed by atoms with E-state index >= 15 is 0 Å². The maximum absolute atomic E-state index is 3.57. The molecule has 0 unspecified atom stereocenters. The fourth-order valence-electron chi connectivity index (χ4n) is 2.72. The number of halogens is 1. The highest BCUT2D eigenvalue weighted by atomic mass is 79.9. The van der Waals surface area contributed by atoms with E-state index in [0.29, 0.717) is 0 Å². The smallest absolute Gasteiger partial charge is 0.0426 e. The van der Waals surface area contributed by atoms with Gasteiger partial charge in [-0.25, -0.2) is 0 Å². The number of rotatable bonds is 0. The summed E-state index contributed by atoms with van der Waals surface area (Å²) in [5.74, 6) is 0. The number of hydrogen-bond donors (Lipinski definition) is 1. The van der Waals surface area contributed by atoms with E-state index in [9.17, 15) is 0 Å². The van der Waals surface area contributed by atoms with Gasteiger partial charge in [0.15, 0.2) is 0 Å². The summed E-state index contributed by atoms with van der Waals surface area (Å²) in [6.45, 7) is 6.72. The highest BCUT2D eigenvalue weighted by Crippen LogP contribution is 2.46. The number of aryl methyl sites for hydroxylation is 1. The second kappa shape index (κ2) is 3.86. The van der Waals surface area contributed by atoms with Crippen LogP contribution < -0.4 is 5.32 Å². The average Bonchev–Trinajstić information content (AvgIpc) is 2.32. The summed E-state index contributed by atoms with van der Waals surface area (Å²) in [4.78, 5) is 0. The second-order valence-electron chi connectivity index (χ2n) is 5.49. The Morgan fingerprint density at radius 2 is 1.56 bits per heavy atom. The minimum Gasteiger partial charge on any atom is -0.355 e. The van der Waals surface area contributed by atoms with E-state index in [2.05, 4.69) is 78.4 Å². The van der Waals surface area contributed by atoms with Gasteiger partial charge in [0.1, 0.15) is 0 Å². The van der Waals surface area contributed by atoms with Gasteiger partial charge in [-0.3, -0.25) is 0 Å². The molecule has 0 fully saturated rings. The van der Waals surface area contributed by atoms with E-state index in [-0.39, 0.29) is 5.41 Å². The van der Waals surface area contributed by atoms with Crippen LogP contribution >= 0.6 is 15.9 Å². The lowest BCUT2D eigenvalue weighted by Gasteiger charge is -2.36. The molecule has 0 radical (unpaired) electrons. The molecule has 18 heavy (non-hydrogen) atoms. The van der Waals surface area contributed by atoms with Crippen LogP contribution in [0.1, 0.15) is 30.5 Å². The lowest BCUT2D eigenvalue weighted by molar-refractivity contribution is 0.637. The Hall–Kier alpha value is -1.28. The third-order valence-electron chi connectivity index (χ3n) is 3.77. The summed E-state index contributed by atoms with van der Waals surface area (Å²) in [7, 11) is 0. The van der Waals surface area contributed by atoms with Crippen LogP contribution in [0.3, 0.4) is 0 Å². The first-order valence-corrected chi connectivity index (χ1v) is 6.96. The van der Waals surface area contributed by atoms with Crippen molar-refractivity contribution in [3.8, 4) is 0 Å². The van der Waals surface area contributed by atoms with E-state index in [1.165, 1.54) is 28.1 Å². The van der Waals surface area contributed by atoms with Crippen molar-refractivity contribution in [2.45, 2.75) is 26.2 Å². The lowest BCUT2D eigenvalue weighted by Crippen LogP contribution is -2.26. The Labute approximate surface area is 116 Å². The minimum atomic E-state index is 0.0334. The Balaban J connectivity index is 2.27. The van der Waals surface area contributed by atoms with Crippen LogP contribution in [-0.4, -0.2) is 0 Å². The molecule has 1 N–H and O–H groups in total. The molecule has 0 atom stereocenters. The van der Waals surface area contributed by atoms with Crippen molar-refractivity contribution < 1.29 is 0 Å². The summed E-state index contributed by atoms with van der Waals surface area (Å²) in [5.41, 5.74) is 6.48. The molecule has 0 saturated carbocycles. The molecule has 1 heterocycles. The average molecular weight is 302 g/mol. The Kier molecular flexibility index (Phi) is 2.53. The Morgan fingerprint density at radius 1 is 0.944 bits per heavy atom. The van der Waals surface area contributed by atoms with Gasteiger partial charge in [0.2, 0.25) is 0 Å². The zero-order valence-corrected chi connectivity index (χ0v) is 12.4. The molecule has 3 rings (SSSR count). The lowest BCUT2D eigenvalue weighted by atomic mass is 9.74. The molecule has 1 aliphatic heterocycles. The van der Waals surface area contributed by atoms with Crippen molar-refractivity contribution in [3.63, 3.8) is 0 Å². The molecule has 2 aromatic carbocycles. The molecule has 1 nitrogen and oxygen atoms in total. The maximum Gasteiger partial charge on any atom is 0.0426 e. The second-order valence-corrected chi connectivity index (χ2v) is 6.40. The zero-order chi connectivity index (χ0) is 12.9. The number of nitrogens with one attached hydrogen (secondary N) is 1. The van der Waals surface area contributed by atoms with Crippen molar-refractivity contribution in [2.75, 3.05) is 5.32 Å². The number of benzene rings is 2. The van der Waals surface area contributed by atoms with E-state index in [0.717, 1.165) is 4.47 Å². The molecule has 0 aromatic heterocycles. The van der Waals surface area contributed by atoms with Crippen LogP contribution in [0.25, 0.3) is 0 Å². The van der Waals surface area contributed by atoms with Crippen LogP contribution in [0.4, 0.5) is 11.4 Å². The predicted molar refractivity (Wildman–Crippen MR) is 80.7 cm³/mol. The molecule has 0 amide bonds. The van der Waals surface area contributed by atoms with Crippen LogP contribution in [0, 0.1) is 6.92 Å². The molecule has 0 spiro atoms. The number of fused-ring (bicyclic) bond motifs is 2. The largest absolute Gasteiger partial charge is 0.355 e. The Morgan fingerprint density at radius 3 is 2.28 bits per heavy atom. The zero-order valence-electron chi connectivity index (χ0n) is 10.8. The van der Waals surface area contributed by atoms with Gasteiger partial charge in [0.25, 0.3) is 0 Å². The van der Waals surface area contributed by atoms with Gasteiger partial charge >= 0.3 is 0 Å². The molecule has 2 aromatic rings. The molecule has 0 bridgehead atoms. The van der Waals surface area contributed by atoms with Crippen molar-refractivity contribution >= 4 is 27.3 Å². The monoisotopic (exact) mass is 301 g/mol. The summed E-state index contributed by atoms with van der Waals surface area (Å²) in [6.07, 6.45) is 0. The Bertz CT molecular complexity index is 575. The SMILES string of the molecule is Cc1ccc2c(c1)C(C)(C)c1cc(Br)ccc1N2. The van der Waals surface area contributed by atoms with Gasteiger partial charge < -0.3 is 5.32 Å². The molecular weight excluding hydrogens is 286 g/mol. The van der Waals surface area contributed by atoms with Crippen LogP contribution in [-0.2, 0) is 5.41 Å². The van der Waals surface area contributed by atoms with Crippen LogP contribution in [0.15, 0.2) is 40.9 Å². The van der Waals surface area contributed by atoms with E-state index in [4.69, 9.17) is 0 Å². The van der Waals surface area contributed by atoms with Gasteiger partial charge in [-0.05, 0) is 42.3 Å². The normalized spacial score (nSPS) is 15.6. The molecule has 92 valence electrons. The number of anilines is 2. The summed E-state index contributed by atoms with van der Waals surface area (Å²) in [6, 6.07) is 13.1. The molecule has 0 aliphatic carbocycles. The van der Waals surface area contributed by atoms with E-state index in [1.807, 2.05) is 0 Å². The highest BCUT2D eigenvalue weighted by molar-refractivity contribution is 9.10. The molecular formula is C16H16BrN. The van der Waals surface area contributed by atoms with Crippen LogP contribution in [0.5, 0.6) is 0 Å². The van der Waals surface area contributed by atoms with Gasteiger partial charge in [-0.1, -0.05) is 47.5 Å². The molecule has 0 saturated heterocycles. The van der Waals surface area contributed by atoms with Gasteiger partial charge in [0.05, 0.1) is 0 Å². The quantitative estimate of drug-likeness (QED) is 0.710. The maximum atomic E-state index is 3.57. The third-order valence-corrected chi connectivity index (χ3v) is 4.27. The predicted octanol–water partition coefficient (Wildman–Crippen LogP) is 5.14. The highest BCUT2D eigenvalue weighted by Gasteiger charge is 2.32. The van der Waals surface area contributed by atoms with Crippen molar-refractivity contribution in [3.05, 3.63) is 57.6 Å².